The van der Waals surface area contributed by atoms with Crippen LogP contribution >= 0.6 is 0 Å². The Balaban J connectivity index is 1.85. The molecule has 0 radical (unpaired) electrons. The van der Waals surface area contributed by atoms with Gasteiger partial charge in [0.25, 0.3) is 0 Å². The molecule has 0 aliphatic carbocycles. The van der Waals surface area contributed by atoms with Gasteiger partial charge in [0.15, 0.2) is 6.61 Å². The average molecular weight is 359 g/mol. The lowest BCUT2D eigenvalue weighted by Gasteiger charge is -2.04. The quantitative estimate of drug-likeness (QED) is 0.409. The van der Waals surface area contributed by atoms with E-state index in [1.165, 1.54) is 36.5 Å². The molecule has 3 N–H and O–H groups in total. The van der Waals surface area contributed by atoms with Crippen LogP contribution in [0.15, 0.2) is 53.6 Å². The van der Waals surface area contributed by atoms with Gasteiger partial charge < -0.3 is 15.2 Å². The molecule has 0 saturated carbocycles. The number of carbonyl (C=O) groups excluding carboxylic acids is 2. The molecule has 2 rings (SSSR count). The lowest BCUT2D eigenvalue weighted by Crippen LogP contribution is -2.32. The van der Waals surface area contributed by atoms with Crippen LogP contribution in [0.4, 0.5) is 10.1 Å². The van der Waals surface area contributed by atoms with E-state index in [0.717, 1.165) is 6.07 Å². The molecule has 0 saturated heterocycles. The van der Waals surface area contributed by atoms with E-state index in [2.05, 4.69) is 10.4 Å². The number of para-hydroxylation sites is 1. The van der Waals surface area contributed by atoms with Crippen molar-refractivity contribution in [2.75, 3.05) is 11.9 Å². The number of carboxylic acid groups (broad SMARTS) is 1. The monoisotopic (exact) mass is 359 g/mol. The number of amides is 2. The van der Waals surface area contributed by atoms with E-state index in [9.17, 15) is 18.8 Å². The van der Waals surface area contributed by atoms with Gasteiger partial charge in [0, 0.05) is 0 Å². The van der Waals surface area contributed by atoms with Crippen LogP contribution in [0, 0.1) is 5.82 Å². The minimum absolute atomic E-state index is 0.117. The first-order valence-corrected chi connectivity index (χ1v) is 7.29. The standard InChI is InChI=1S/C17H14FN3O5/c18-13-3-1-2-4-14(13)20-16(24)17(25)21-19-9-11-5-7-12(8-6-11)26-10-15(22)23/h1-9H,10H2,(H,20,24)(H,21,25)(H,22,23)/b19-9-. The fourth-order valence-corrected chi connectivity index (χ4v) is 1.75. The fourth-order valence-electron chi connectivity index (χ4n) is 1.75. The zero-order chi connectivity index (χ0) is 18.9. The Morgan fingerprint density at radius 2 is 1.77 bits per heavy atom. The first-order chi connectivity index (χ1) is 12.5. The molecular weight excluding hydrogens is 345 g/mol. The van der Waals surface area contributed by atoms with Crippen molar-refractivity contribution in [3.8, 4) is 5.75 Å². The Hall–Kier alpha value is -3.75. The second-order valence-electron chi connectivity index (χ2n) is 4.88. The third kappa shape index (κ3) is 5.71. The highest BCUT2D eigenvalue weighted by molar-refractivity contribution is 6.39. The van der Waals surface area contributed by atoms with Gasteiger partial charge in [-0.1, -0.05) is 12.1 Å². The molecule has 134 valence electrons. The molecule has 0 spiro atoms. The van der Waals surface area contributed by atoms with E-state index in [1.54, 1.807) is 12.1 Å². The van der Waals surface area contributed by atoms with Gasteiger partial charge in [0.1, 0.15) is 11.6 Å². The van der Waals surface area contributed by atoms with Crippen LogP contribution in [-0.2, 0) is 14.4 Å². The number of rotatable bonds is 6. The molecule has 9 heteroatoms. The molecular formula is C17H14FN3O5. The number of anilines is 1. The molecule has 2 amide bonds. The lowest BCUT2D eigenvalue weighted by molar-refractivity contribution is -0.139. The van der Waals surface area contributed by atoms with Gasteiger partial charge in [-0.25, -0.2) is 14.6 Å². The van der Waals surface area contributed by atoms with Gasteiger partial charge in [0.05, 0.1) is 11.9 Å². The third-order valence-electron chi connectivity index (χ3n) is 2.95. The summed E-state index contributed by atoms with van der Waals surface area (Å²) < 4.78 is 18.4. The number of nitrogens with zero attached hydrogens (tertiary/aromatic N) is 1. The fraction of sp³-hybridized carbons (Fsp3) is 0.0588. The molecule has 2 aromatic rings. The minimum Gasteiger partial charge on any atom is -0.482 e. The predicted octanol–water partition coefficient (Wildman–Crippen LogP) is 1.38. The van der Waals surface area contributed by atoms with E-state index >= 15 is 0 Å². The van der Waals surface area contributed by atoms with Crippen LogP contribution in [0.3, 0.4) is 0 Å². The summed E-state index contributed by atoms with van der Waals surface area (Å²) in [6, 6.07) is 11.6. The molecule has 2 aromatic carbocycles. The largest absolute Gasteiger partial charge is 0.482 e. The maximum atomic E-state index is 13.4. The molecule has 0 fully saturated rings. The highest BCUT2D eigenvalue weighted by atomic mass is 19.1. The summed E-state index contributed by atoms with van der Waals surface area (Å²) in [4.78, 5) is 33.7. The number of hydrazone groups is 1. The first-order valence-electron chi connectivity index (χ1n) is 7.29. The normalized spacial score (nSPS) is 10.3. The van der Waals surface area contributed by atoms with Crippen molar-refractivity contribution >= 4 is 29.7 Å². The number of halogens is 1. The molecule has 0 unspecified atom stereocenters. The van der Waals surface area contributed by atoms with E-state index in [0.29, 0.717) is 11.3 Å². The van der Waals surface area contributed by atoms with Gasteiger partial charge in [-0.15, -0.1) is 0 Å². The molecule has 0 aliphatic rings. The number of carbonyl (C=O) groups is 3. The summed E-state index contributed by atoms with van der Waals surface area (Å²) in [6.07, 6.45) is 1.27. The van der Waals surface area contributed by atoms with Crippen LogP contribution in [0.5, 0.6) is 5.75 Å². The molecule has 0 bridgehead atoms. The number of nitrogens with one attached hydrogen (secondary N) is 2. The van der Waals surface area contributed by atoms with E-state index < -0.39 is 30.2 Å². The Kier molecular flexibility index (Phi) is 6.38. The average Bonchev–Trinajstić information content (AvgIpc) is 2.62. The van der Waals surface area contributed by atoms with Crippen molar-refractivity contribution < 1.29 is 28.6 Å². The highest BCUT2D eigenvalue weighted by Gasteiger charge is 2.14. The van der Waals surface area contributed by atoms with Crippen LogP contribution in [0.1, 0.15) is 5.56 Å². The molecule has 0 aromatic heterocycles. The van der Waals surface area contributed by atoms with Crippen LogP contribution in [0.2, 0.25) is 0 Å². The molecule has 8 nitrogen and oxygen atoms in total. The zero-order valence-corrected chi connectivity index (χ0v) is 13.3. The summed E-state index contributed by atoms with van der Waals surface area (Å²) in [7, 11) is 0. The Labute approximate surface area is 147 Å². The van der Waals surface area contributed by atoms with Gasteiger partial charge in [-0.3, -0.25) is 9.59 Å². The first kappa shape index (κ1) is 18.6. The van der Waals surface area contributed by atoms with Crippen molar-refractivity contribution in [2.24, 2.45) is 5.10 Å². The van der Waals surface area contributed by atoms with E-state index in [1.807, 2.05) is 5.43 Å². The van der Waals surface area contributed by atoms with E-state index in [-0.39, 0.29) is 5.69 Å². The SMILES string of the molecule is O=C(O)COc1ccc(/C=N\NC(=O)C(=O)Nc2ccccc2F)cc1. The van der Waals surface area contributed by atoms with Crippen molar-refractivity contribution in [1.29, 1.82) is 0 Å². The van der Waals surface area contributed by atoms with E-state index in [4.69, 9.17) is 9.84 Å². The third-order valence-corrected chi connectivity index (χ3v) is 2.95. The van der Waals surface area contributed by atoms with Crippen LogP contribution in [-0.4, -0.2) is 35.7 Å². The smallest absolute Gasteiger partial charge is 0.341 e. The lowest BCUT2D eigenvalue weighted by atomic mass is 10.2. The van der Waals surface area contributed by atoms with Crippen LogP contribution in [0.25, 0.3) is 0 Å². The molecule has 26 heavy (non-hydrogen) atoms. The number of carboxylic acids is 1. The van der Waals surface area contributed by atoms with Gasteiger partial charge in [-0.05, 0) is 42.0 Å². The van der Waals surface area contributed by atoms with Crippen LogP contribution < -0.4 is 15.5 Å². The van der Waals surface area contributed by atoms with Crippen molar-refractivity contribution in [3.05, 3.63) is 59.9 Å². The number of hydrogen-bond acceptors (Lipinski definition) is 5. The summed E-state index contributed by atoms with van der Waals surface area (Å²) in [5, 5.41) is 14.3. The Bertz CT molecular complexity index is 837. The Morgan fingerprint density at radius 1 is 1.08 bits per heavy atom. The molecule has 0 atom stereocenters. The number of ether oxygens (including phenoxy) is 1. The number of aliphatic carboxylic acids is 1. The second-order valence-corrected chi connectivity index (χ2v) is 4.88. The topological polar surface area (TPSA) is 117 Å². The van der Waals surface area contributed by atoms with Crippen molar-refractivity contribution in [1.82, 2.24) is 5.43 Å². The highest BCUT2D eigenvalue weighted by Crippen LogP contribution is 2.12. The zero-order valence-electron chi connectivity index (χ0n) is 13.3. The summed E-state index contributed by atoms with van der Waals surface area (Å²) >= 11 is 0. The second kappa shape index (κ2) is 8.92. The number of benzene rings is 2. The Morgan fingerprint density at radius 3 is 2.42 bits per heavy atom. The van der Waals surface area contributed by atoms with Gasteiger partial charge in [0.2, 0.25) is 0 Å². The summed E-state index contributed by atoms with van der Waals surface area (Å²) in [5.41, 5.74) is 2.47. The van der Waals surface area contributed by atoms with Crippen molar-refractivity contribution in [2.45, 2.75) is 0 Å². The van der Waals surface area contributed by atoms with Gasteiger partial charge >= 0.3 is 17.8 Å². The maximum absolute atomic E-state index is 13.4. The summed E-state index contributed by atoms with van der Waals surface area (Å²) in [5.74, 6) is -3.53. The molecule has 0 heterocycles. The maximum Gasteiger partial charge on any atom is 0.341 e. The van der Waals surface area contributed by atoms with Gasteiger partial charge in [-0.2, -0.15) is 5.10 Å². The minimum atomic E-state index is -1.09. The summed E-state index contributed by atoms with van der Waals surface area (Å²) in [6.45, 7) is -0.458. The number of hydrogen-bond donors (Lipinski definition) is 3. The predicted molar refractivity (Wildman–Crippen MR) is 90.3 cm³/mol. The van der Waals surface area contributed by atoms with Crippen molar-refractivity contribution in [3.63, 3.8) is 0 Å². The molecule has 0 aliphatic heterocycles.